The van der Waals surface area contributed by atoms with Gasteiger partial charge in [-0.1, -0.05) is 13.3 Å². The molecule has 0 unspecified atom stereocenters. The molecule has 2 N–H and O–H groups in total. The summed E-state index contributed by atoms with van der Waals surface area (Å²) in [6.07, 6.45) is 1.85. The standard InChI is InChI=1S/C17H22N2O4S/c1-4-5-10(2)18-15(20)9-23-17(22)12-6-7-14-13(8-12)19-16(21)11(3)24-14/h6-8,10-11H,4-5,9H2,1-3H3,(H,18,20)(H,19,21)/t10-,11-/m0/s1. The van der Waals surface area contributed by atoms with Crippen molar-refractivity contribution in [2.45, 2.75) is 49.8 Å². The third kappa shape index (κ3) is 4.74. The average molecular weight is 350 g/mol. The molecule has 0 fully saturated rings. The zero-order valence-electron chi connectivity index (χ0n) is 14.0. The van der Waals surface area contributed by atoms with Crippen molar-refractivity contribution in [2.75, 3.05) is 11.9 Å². The second-order valence-electron chi connectivity index (χ2n) is 5.79. The lowest BCUT2D eigenvalue weighted by Crippen LogP contribution is -2.35. The van der Waals surface area contributed by atoms with Crippen molar-refractivity contribution in [3.05, 3.63) is 23.8 Å². The van der Waals surface area contributed by atoms with E-state index in [0.717, 1.165) is 17.7 Å². The fourth-order valence-electron chi connectivity index (χ4n) is 2.37. The van der Waals surface area contributed by atoms with E-state index in [4.69, 9.17) is 4.74 Å². The predicted octanol–water partition coefficient (Wildman–Crippen LogP) is 2.58. The zero-order valence-corrected chi connectivity index (χ0v) is 14.9. The quantitative estimate of drug-likeness (QED) is 0.770. The van der Waals surface area contributed by atoms with Crippen LogP contribution in [0.15, 0.2) is 23.1 Å². The lowest BCUT2D eigenvalue weighted by atomic mass is 10.2. The SMILES string of the molecule is CCC[C@H](C)NC(=O)COC(=O)c1ccc2c(c1)NC(=O)[C@H](C)S2. The molecular formula is C17H22N2O4S. The van der Waals surface area contributed by atoms with E-state index in [0.29, 0.717) is 11.3 Å². The molecule has 24 heavy (non-hydrogen) atoms. The number of ether oxygens (including phenoxy) is 1. The molecule has 2 rings (SSSR count). The van der Waals surface area contributed by atoms with Crippen molar-refractivity contribution in [3.63, 3.8) is 0 Å². The van der Waals surface area contributed by atoms with Gasteiger partial charge in [0, 0.05) is 10.9 Å². The summed E-state index contributed by atoms with van der Waals surface area (Å²) >= 11 is 1.44. The molecule has 1 aromatic rings. The molecule has 6 nitrogen and oxygen atoms in total. The number of hydrogen-bond acceptors (Lipinski definition) is 5. The van der Waals surface area contributed by atoms with Gasteiger partial charge in [-0.2, -0.15) is 0 Å². The molecule has 130 valence electrons. The van der Waals surface area contributed by atoms with Gasteiger partial charge >= 0.3 is 5.97 Å². The molecule has 1 aliphatic heterocycles. The highest BCUT2D eigenvalue weighted by molar-refractivity contribution is 8.00. The highest BCUT2D eigenvalue weighted by atomic mass is 32.2. The summed E-state index contributed by atoms with van der Waals surface area (Å²) in [6.45, 7) is 5.45. The second-order valence-corrected chi connectivity index (χ2v) is 7.18. The van der Waals surface area contributed by atoms with Gasteiger partial charge < -0.3 is 15.4 Å². The van der Waals surface area contributed by atoms with Gasteiger partial charge in [-0.05, 0) is 38.5 Å². The maximum absolute atomic E-state index is 12.1. The first kappa shape index (κ1) is 18.3. The van der Waals surface area contributed by atoms with Crippen LogP contribution in [0.3, 0.4) is 0 Å². The monoisotopic (exact) mass is 350 g/mol. The van der Waals surface area contributed by atoms with Crippen molar-refractivity contribution in [1.29, 1.82) is 0 Å². The van der Waals surface area contributed by atoms with Gasteiger partial charge in [0.1, 0.15) is 0 Å². The van der Waals surface area contributed by atoms with Crippen molar-refractivity contribution < 1.29 is 19.1 Å². The topological polar surface area (TPSA) is 84.5 Å². The number of carbonyl (C=O) groups excluding carboxylic acids is 3. The Morgan fingerprint density at radius 3 is 2.88 bits per heavy atom. The summed E-state index contributed by atoms with van der Waals surface area (Å²) < 4.78 is 5.04. The third-order valence-electron chi connectivity index (χ3n) is 3.61. The number of thioether (sulfide) groups is 1. The number of carbonyl (C=O) groups is 3. The molecule has 1 aromatic carbocycles. The van der Waals surface area contributed by atoms with Crippen LogP contribution < -0.4 is 10.6 Å². The molecule has 0 radical (unpaired) electrons. The minimum atomic E-state index is -0.589. The number of anilines is 1. The summed E-state index contributed by atoms with van der Waals surface area (Å²) in [6, 6.07) is 5.04. The molecule has 0 saturated carbocycles. The van der Waals surface area contributed by atoms with Crippen LogP contribution in [0.4, 0.5) is 5.69 Å². The van der Waals surface area contributed by atoms with Gasteiger partial charge in [-0.3, -0.25) is 9.59 Å². The largest absolute Gasteiger partial charge is 0.452 e. The minimum Gasteiger partial charge on any atom is -0.452 e. The summed E-state index contributed by atoms with van der Waals surface area (Å²) in [5, 5.41) is 5.37. The molecule has 0 bridgehead atoms. The number of benzene rings is 1. The molecule has 0 spiro atoms. The van der Waals surface area contributed by atoms with Gasteiger partial charge in [0.05, 0.1) is 16.5 Å². The van der Waals surface area contributed by atoms with Crippen LogP contribution in [0.2, 0.25) is 0 Å². The maximum Gasteiger partial charge on any atom is 0.338 e. The third-order valence-corrected chi connectivity index (χ3v) is 4.79. The van der Waals surface area contributed by atoms with Crippen LogP contribution in [0.1, 0.15) is 44.0 Å². The predicted molar refractivity (Wildman–Crippen MR) is 93.2 cm³/mol. The molecule has 1 aliphatic rings. The van der Waals surface area contributed by atoms with Crippen LogP contribution in [0.5, 0.6) is 0 Å². The van der Waals surface area contributed by atoms with Crippen LogP contribution in [-0.4, -0.2) is 35.7 Å². The van der Waals surface area contributed by atoms with E-state index in [9.17, 15) is 14.4 Å². The first-order valence-corrected chi connectivity index (χ1v) is 8.86. The second kappa shape index (κ2) is 8.19. The Balaban J connectivity index is 1.92. The first-order chi connectivity index (χ1) is 11.4. The Morgan fingerprint density at radius 1 is 1.42 bits per heavy atom. The molecule has 1 heterocycles. The van der Waals surface area contributed by atoms with E-state index in [2.05, 4.69) is 10.6 Å². The Hall–Kier alpha value is -2.02. The molecule has 2 amide bonds. The fraction of sp³-hybridized carbons (Fsp3) is 0.471. The van der Waals surface area contributed by atoms with Crippen molar-refractivity contribution in [1.82, 2.24) is 5.32 Å². The number of hydrogen-bond donors (Lipinski definition) is 2. The van der Waals surface area contributed by atoms with Crippen LogP contribution in [0.25, 0.3) is 0 Å². The molecule has 7 heteroatoms. The first-order valence-electron chi connectivity index (χ1n) is 7.98. The van der Waals surface area contributed by atoms with E-state index in [1.54, 1.807) is 18.2 Å². The number of nitrogens with one attached hydrogen (secondary N) is 2. The summed E-state index contributed by atoms with van der Waals surface area (Å²) in [5.74, 6) is -1.00. The molecule has 0 aromatic heterocycles. The highest BCUT2D eigenvalue weighted by Gasteiger charge is 2.24. The molecule has 0 saturated heterocycles. The van der Waals surface area contributed by atoms with Crippen molar-refractivity contribution >= 4 is 35.2 Å². The van der Waals surface area contributed by atoms with Gasteiger partial charge in [0.15, 0.2) is 6.61 Å². The minimum absolute atomic E-state index is 0.0548. The number of esters is 1. The Kier molecular flexibility index (Phi) is 6.25. The van der Waals surface area contributed by atoms with E-state index < -0.39 is 5.97 Å². The fourth-order valence-corrected chi connectivity index (χ4v) is 3.30. The van der Waals surface area contributed by atoms with Crippen LogP contribution in [-0.2, 0) is 14.3 Å². The zero-order chi connectivity index (χ0) is 17.7. The number of fused-ring (bicyclic) bond motifs is 1. The maximum atomic E-state index is 12.1. The van der Waals surface area contributed by atoms with Gasteiger partial charge in [0.25, 0.3) is 5.91 Å². The van der Waals surface area contributed by atoms with E-state index >= 15 is 0 Å². The van der Waals surface area contributed by atoms with Crippen LogP contribution in [0, 0.1) is 0 Å². The summed E-state index contributed by atoms with van der Waals surface area (Å²) in [4.78, 5) is 36.4. The molecule has 0 aliphatic carbocycles. The lowest BCUT2D eigenvalue weighted by Gasteiger charge is -2.21. The summed E-state index contributed by atoms with van der Waals surface area (Å²) in [7, 11) is 0. The van der Waals surface area contributed by atoms with E-state index in [-0.39, 0.29) is 29.7 Å². The van der Waals surface area contributed by atoms with Crippen molar-refractivity contribution in [2.24, 2.45) is 0 Å². The van der Waals surface area contributed by atoms with Crippen molar-refractivity contribution in [3.8, 4) is 0 Å². The van der Waals surface area contributed by atoms with Crippen LogP contribution >= 0.6 is 11.8 Å². The lowest BCUT2D eigenvalue weighted by molar-refractivity contribution is -0.124. The van der Waals surface area contributed by atoms with E-state index in [1.165, 1.54) is 11.8 Å². The van der Waals surface area contributed by atoms with Gasteiger partial charge in [0.2, 0.25) is 5.91 Å². The highest BCUT2D eigenvalue weighted by Crippen LogP contribution is 2.35. The smallest absolute Gasteiger partial charge is 0.338 e. The summed E-state index contributed by atoms with van der Waals surface area (Å²) in [5.41, 5.74) is 0.900. The molecular weight excluding hydrogens is 328 g/mol. The average Bonchev–Trinajstić information content (AvgIpc) is 2.53. The Bertz CT molecular complexity index is 647. The Morgan fingerprint density at radius 2 is 2.17 bits per heavy atom. The van der Waals surface area contributed by atoms with Gasteiger partial charge in [-0.15, -0.1) is 11.8 Å². The Labute approximate surface area is 145 Å². The molecule has 2 atom stereocenters. The van der Waals surface area contributed by atoms with Gasteiger partial charge in [-0.25, -0.2) is 4.79 Å². The van der Waals surface area contributed by atoms with E-state index in [1.807, 2.05) is 20.8 Å². The normalized spacial score (nSPS) is 17.5. The number of amides is 2. The number of rotatable bonds is 6.